The second-order valence-corrected chi connectivity index (χ2v) is 7.06. The molecule has 6 nitrogen and oxygen atoms in total. The molecular formula is C24H29N4O2+. The average Bonchev–Trinajstić information content (AvgIpc) is 3.21. The molecule has 0 unspecified atom stereocenters. The molecular weight excluding hydrogens is 376 g/mol. The van der Waals surface area contributed by atoms with Gasteiger partial charge in [-0.2, -0.15) is 10.2 Å². The summed E-state index contributed by atoms with van der Waals surface area (Å²) in [6.07, 6.45) is 1.00. The summed E-state index contributed by atoms with van der Waals surface area (Å²) in [5.41, 5.74) is 2.56. The van der Waals surface area contributed by atoms with Crippen molar-refractivity contribution in [1.82, 2.24) is 4.98 Å². The van der Waals surface area contributed by atoms with Crippen LogP contribution in [0, 0.1) is 11.3 Å². The van der Waals surface area contributed by atoms with Crippen molar-refractivity contribution < 1.29 is 14.1 Å². The molecule has 6 heteroatoms. The highest BCUT2D eigenvalue weighted by atomic mass is 16.5. The zero-order valence-electron chi connectivity index (χ0n) is 17.6. The third-order valence-corrected chi connectivity index (χ3v) is 5.09. The topological polar surface area (TPSA) is 75.5 Å². The number of hydrogen-bond donors (Lipinski definition) is 2. The average molecular weight is 406 g/mol. The van der Waals surface area contributed by atoms with E-state index in [0.717, 1.165) is 49.5 Å². The Kier molecular flexibility index (Phi) is 7.87. The van der Waals surface area contributed by atoms with Gasteiger partial charge in [0.25, 0.3) is 0 Å². The van der Waals surface area contributed by atoms with E-state index in [1.54, 1.807) is 4.90 Å². The second kappa shape index (κ2) is 11.0. The molecule has 2 N–H and O–H groups in total. The van der Waals surface area contributed by atoms with Gasteiger partial charge in [0.15, 0.2) is 6.61 Å². The molecule has 0 saturated heterocycles. The smallest absolute Gasteiger partial charge is 0.236 e. The monoisotopic (exact) mass is 405 g/mol. The predicted octanol–water partition coefficient (Wildman–Crippen LogP) is 3.52. The van der Waals surface area contributed by atoms with Gasteiger partial charge < -0.3 is 19.4 Å². The SMILES string of the molecule is CC[NH+](CC)CCCNc1oc(COc2ccc(-c3ccccc3)cc2)nc1C#N. The normalized spacial score (nSPS) is 10.7. The van der Waals surface area contributed by atoms with Gasteiger partial charge in [-0.3, -0.25) is 0 Å². The molecule has 0 fully saturated rings. The highest BCUT2D eigenvalue weighted by molar-refractivity contribution is 5.63. The van der Waals surface area contributed by atoms with Crippen LogP contribution in [0.25, 0.3) is 11.1 Å². The molecule has 0 radical (unpaired) electrons. The van der Waals surface area contributed by atoms with Gasteiger partial charge in [0.05, 0.1) is 19.6 Å². The van der Waals surface area contributed by atoms with Crippen LogP contribution >= 0.6 is 0 Å². The number of aromatic nitrogens is 1. The van der Waals surface area contributed by atoms with Crippen molar-refractivity contribution in [3.63, 3.8) is 0 Å². The fraction of sp³-hybridized carbons (Fsp3) is 0.333. The Morgan fingerprint density at radius 2 is 1.73 bits per heavy atom. The third kappa shape index (κ3) is 5.85. The Morgan fingerprint density at radius 3 is 2.40 bits per heavy atom. The van der Waals surface area contributed by atoms with E-state index in [0.29, 0.717) is 11.8 Å². The fourth-order valence-electron chi connectivity index (χ4n) is 3.28. The first kappa shape index (κ1) is 21.4. The molecule has 30 heavy (non-hydrogen) atoms. The van der Waals surface area contributed by atoms with Crippen LogP contribution in [0.15, 0.2) is 59.0 Å². The molecule has 2 aromatic carbocycles. The molecule has 0 spiro atoms. The maximum Gasteiger partial charge on any atom is 0.236 e. The summed E-state index contributed by atoms with van der Waals surface area (Å²) in [4.78, 5) is 5.79. The number of benzene rings is 2. The molecule has 0 bridgehead atoms. The summed E-state index contributed by atoms with van der Waals surface area (Å²) in [5, 5.41) is 12.5. The molecule has 0 amide bonds. The van der Waals surface area contributed by atoms with E-state index in [2.05, 4.69) is 42.4 Å². The molecule has 1 aromatic heterocycles. The maximum atomic E-state index is 9.32. The van der Waals surface area contributed by atoms with Crippen molar-refractivity contribution in [2.45, 2.75) is 26.9 Å². The van der Waals surface area contributed by atoms with Crippen LogP contribution in [0.5, 0.6) is 5.75 Å². The number of nitriles is 1. The van der Waals surface area contributed by atoms with Crippen molar-refractivity contribution >= 4 is 5.88 Å². The van der Waals surface area contributed by atoms with Crippen molar-refractivity contribution in [3.8, 4) is 22.9 Å². The van der Waals surface area contributed by atoms with Crippen LogP contribution in [-0.2, 0) is 6.61 Å². The van der Waals surface area contributed by atoms with Gasteiger partial charge in [0.2, 0.25) is 17.5 Å². The van der Waals surface area contributed by atoms with Crippen LogP contribution in [-0.4, -0.2) is 31.2 Å². The first-order chi connectivity index (χ1) is 14.7. The van der Waals surface area contributed by atoms with Crippen molar-refractivity contribution in [2.24, 2.45) is 0 Å². The van der Waals surface area contributed by atoms with Crippen LogP contribution in [0.3, 0.4) is 0 Å². The van der Waals surface area contributed by atoms with Gasteiger partial charge in [-0.25, -0.2) is 0 Å². The number of rotatable bonds is 11. The van der Waals surface area contributed by atoms with E-state index in [-0.39, 0.29) is 12.3 Å². The Balaban J connectivity index is 1.52. The number of nitrogens with one attached hydrogen (secondary N) is 2. The minimum Gasteiger partial charge on any atom is -0.484 e. The summed E-state index contributed by atoms with van der Waals surface area (Å²) in [6.45, 7) is 8.63. The third-order valence-electron chi connectivity index (χ3n) is 5.09. The lowest BCUT2D eigenvalue weighted by Crippen LogP contribution is -3.11. The van der Waals surface area contributed by atoms with E-state index < -0.39 is 0 Å². The Hall–Kier alpha value is -3.30. The molecule has 1 heterocycles. The number of hydrogen-bond acceptors (Lipinski definition) is 5. The van der Waals surface area contributed by atoms with Gasteiger partial charge in [-0.05, 0) is 37.1 Å². The Labute approximate surface area is 178 Å². The quantitative estimate of drug-likeness (QED) is 0.478. The van der Waals surface area contributed by atoms with Gasteiger partial charge in [0.1, 0.15) is 11.8 Å². The Morgan fingerprint density at radius 1 is 1.03 bits per heavy atom. The van der Waals surface area contributed by atoms with E-state index >= 15 is 0 Å². The van der Waals surface area contributed by atoms with Crippen molar-refractivity contribution in [2.75, 3.05) is 31.5 Å². The summed E-state index contributed by atoms with van der Waals surface area (Å²) >= 11 is 0. The number of ether oxygens (including phenoxy) is 1. The molecule has 0 atom stereocenters. The van der Waals surface area contributed by atoms with E-state index in [9.17, 15) is 5.26 Å². The van der Waals surface area contributed by atoms with Gasteiger partial charge in [-0.15, -0.1) is 0 Å². The molecule has 3 aromatic rings. The lowest BCUT2D eigenvalue weighted by Gasteiger charge is -2.14. The predicted molar refractivity (Wildman–Crippen MR) is 117 cm³/mol. The summed E-state index contributed by atoms with van der Waals surface area (Å²) in [5.74, 6) is 1.53. The fourth-order valence-corrected chi connectivity index (χ4v) is 3.28. The van der Waals surface area contributed by atoms with E-state index in [1.807, 2.05) is 42.5 Å². The standard InChI is InChI=1S/C24H28N4O2/c1-3-28(4-2)16-8-15-26-24-22(17-25)27-23(30-24)18-29-21-13-11-20(12-14-21)19-9-6-5-7-10-19/h5-7,9-14,26H,3-4,8,15-16,18H2,1-2H3/p+1. The largest absolute Gasteiger partial charge is 0.484 e. The Bertz CT molecular complexity index is 942. The summed E-state index contributed by atoms with van der Waals surface area (Å²) in [6, 6.07) is 20.2. The summed E-state index contributed by atoms with van der Waals surface area (Å²) < 4.78 is 11.5. The van der Waals surface area contributed by atoms with Crippen LogP contribution in [0.1, 0.15) is 31.9 Å². The maximum absolute atomic E-state index is 9.32. The minimum atomic E-state index is 0.171. The number of oxazole rings is 1. The van der Waals surface area contributed by atoms with Gasteiger partial charge in [0, 0.05) is 13.0 Å². The summed E-state index contributed by atoms with van der Waals surface area (Å²) in [7, 11) is 0. The van der Waals surface area contributed by atoms with E-state index in [4.69, 9.17) is 9.15 Å². The lowest BCUT2D eigenvalue weighted by atomic mass is 10.1. The molecule has 0 aliphatic carbocycles. The van der Waals surface area contributed by atoms with Crippen LogP contribution in [0.4, 0.5) is 5.88 Å². The molecule has 0 aliphatic heterocycles. The van der Waals surface area contributed by atoms with Gasteiger partial charge >= 0.3 is 0 Å². The van der Waals surface area contributed by atoms with Gasteiger partial charge in [-0.1, -0.05) is 42.5 Å². The molecule has 156 valence electrons. The molecule has 0 saturated carbocycles. The van der Waals surface area contributed by atoms with Crippen molar-refractivity contribution in [3.05, 3.63) is 66.2 Å². The second-order valence-electron chi connectivity index (χ2n) is 7.06. The van der Waals surface area contributed by atoms with Crippen molar-refractivity contribution in [1.29, 1.82) is 5.26 Å². The number of quaternary nitrogens is 1. The number of nitrogens with zero attached hydrogens (tertiary/aromatic N) is 2. The van der Waals surface area contributed by atoms with Crippen LogP contribution < -0.4 is 15.0 Å². The zero-order valence-corrected chi connectivity index (χ0v) is 17.6. The van der Waals surface area contributed by atoms with E-state index in [1.165, 1.54) is 0 Å². The first-order valence-electron chi connectivity index (χ1n) is 10.5. The molecule has 0 aliphatic rings. The highest BCUT2D eigenvalue weighted by Gasteiger charge is 2.13. The number of anilines is 1. The molecule has 3 rings (SSSR count). The minimum absolute atomic E-state index is 0.171. The highest BCUT2D eigenvalue weighted by Crippen LogP contribution is 2.23. The lowest BCUT2D eigenvalue weighted by molar-refractivity contribution is -0.896. The van der Waals surface area contributed by atoms with Crippen LogP contribution in [0.2, 0.25) is 0 Å². The zero-order chi connectivity index (χ0) is 21.2. The first-order valence-corrected chi connectivity index (χ1v) is 10.5.